The molecule has 0 bridgehead atoms. The van der Waals surface area contributed by atoms with Gasteiger partial charge in [0.05, 0.1) is 17.7 Å². The molecule has 0 aliphatic rings. The van der Waals surface area contributed by atoms with E-state index in [1.54, 1.807) is 60.7 Å². The maximum atomic E-state index is 13.4. The van der Waals surface area contributed by atoms with Crippen LogP contribution in [0.3, 0.4) is 0 Å². The lowest BCUT2D eigenvalue weighted by Crippen LogP contribution is -2.38. The van der Waals surface area contributed by atoms with Crippen LogP contribution >= 0.6 is 0 Å². The number of hydrogen-bond acceptors (Lipinski definition) is 4. The highest BCUT2D eigenvalue weighted by Crippen LogP contribution is 2.27. The number of hydrogen-bond donors (Lipinski definition) is 1. The van der Waals surface area contributed by atoms with Gasteiger partial charge in [-0.25, -0.2) is 8.42 Å². The van der Waals surface area contributed by atoms with E-state index in [1.807, 2.05) is 26.0 Å². The van der Waals surface area contributed by atoms with Gasteiger partial charge in [0.1, 0.15) is 12.3 Å². The first kappa shape index (κ1) is 21.4. The second-order valence-electron chi connectivity index (χ2n) is 6.89. The van der Waals surface area contributed by atoms with E-state index in [2.05, 4.69) is 5.32 Å². The number of sulfonamides is 1. The molecule has 3 aromatic carbocycles. The van der Waals surface area contributed by atoms with Gasteiger partial charge < -0.3 is 10.1 Å². The van der Waals surface area contributed by atoms with E-state index >= 15 is 0 Å². The van der Waals surface area contributed by atoms with Crippen molar-refractivity contribution < 1.29 is 17.9 Å². The van der Waals surface area contributed by atoms with Crippen LogP contribution in [0.25, 0.3) is 0 Å². The van der Waals surface area contributed by atoms with Crippen LogP contribution in [0.4, 0.5) is 11.4 Å². The smallest absolute Gasteiger partial charge is 0.264 e. The summed E-state index contributed by atoms with van der Waals surface area (Å²) in [6, 6.07) is 20.5. The number of rotatable bonds is 7. The fraction of sp³-hybridized carbons (Fsp3) is 0.174. The number of carbonyl (C=O) groups is 1. The van der Waals surface area contributed by atoms with E-state index in [0.717, 1.165) is 15.4 Å². The summed E-state index contributed by atoms with van der Waals surface area (Å²) < 4.78 is 33.1. The van der Waals surface area contributed by atoms with Gasteiger partial charge in [-0.05, 0) is 49.7 Å². The second-order valence-corrected chi connectivity index (χ2v) is 8.75. The van der Waals surface area contributed by atoms with Crippen molar-refractivity contribution in [1.29, 1.82) is 0 Å². The Morgan fingerprint density at radius 3 is 2.33 bits per heavy atom. The van der Waals surface area contributed by atoms with Crippen molar-refractivity contribution >= 4 is 27.3 Å². The van der Waals surface area contributed by atoms with Crippen LogP contribution < -0.4 is 14.4 Å². The van der Waals surface area contributed by atoms with E-state index in [4.69, 9.17) is 4.74 Å². The fourth-order valence-electron chi connectivity index (χ4n) is 3.01. The van der Waals surface area contributed by atoms with Gasteiger partial charge >= 0.3 is 0 Å². The van der Waals surface area contributed by atoms with Crippen molar-refractivity contribution in [3.05, 3.63) is 83.9 Å². The number of anilines is 2. The van der Waals surface area contributed by atoms with Gasteiger partial charge in [0, 0.05) is 11.8 Å². The maximum Gasteiger partial charge on any atom is 0.264 e. The Kier molecular flexibility index (Phi) is 6.42. The molecular weight excluding hydrogens is 400 g/mol. The highest BCUT2D eigenvalue weighted by Gasteiger charge is 2.28. The van der Waals surface area contributed by atoms with Gasteiger partial charge in [-0.2, -0.15) is 0 Å². The predicted molar refractivity (Wildman–Crippen MR) is 119 cm³/mol. The first-order valence-electron chi connectivity index (χ1n) is 9.40. The molecule has 0 aromatic heterocycles. The number of aryl methyl sites for hydroxylation is 2. The number of nitrogens with zero attached hydrogens (tertiary/aromatic N) is 1. The van der Waals surface area contributed by atoms with Gasteiger partial charge in [-0.1, -0.05) is 42.0 Å². The van der Waals surface area contributed by atoms with Crippen molar-refractivity contribution in [2.75, 3.05) is 23.3 Å². The molecule has 0 spiro atoms. The molecule has 3 rings (SSSR count). The number of ether oxygens (including phenoxy) is 1. The Hall–Kier alpha value is -3.32. The molecule has 0 saturated carbocycles. The molecule has 0 heterocycles. The zero-order valence-electron chi connectivity index (χ0n) is 17.1. The monoisotopic (exact) mass is 424 g/mol. The lowest BCUT2D eigenvalue weighted by Gasteiger charge is -2.25. The molecule has 0 fully saturated rings. The van der Waals surface area contributed by atoms with Gasteiger partial charge in [0.2, 0.25) is 5.91 Å². The Balaban J connectivity index is 1.95. The molecule has 0 saturated heterocycles. The summed E-state index contributed by atoms with van der Waals surface area (Å²) in [5.41, 5.74) is 2.69. The van der Waals surface area contributed by atoms with Gasteiger partial charge in [-0.15, -0.1) is 0 Å². The lowest BCUT2D eigenvalue weighted by atomic mass is 10.2. The zero-order chi connectivity index (χ0) is 21.7. The van der Waals surface area contributed by atoms with Gasteiger partial charge in [0.15, 0.2) is 0 Å². The molecule has 156 valence electrons. The van der Waals surface area contributed by atoms with Crippen LogP contribution in [-0.2, 0) is 14.8 Å². The number of methoxy groups -OCH3 is 1. The first-order valence-corrected chi connectivity index (χ1v) is 10.8. The zero-order valence-corrected chi connectivity index (χ0v) is 17.9. The topological polar surface area (TPSA) is 75.7 Å². The largest absolute Gasteiger partial charge is 0.497 e. The first-order chi connectivity index (χ1) is 14.3. The summed E-state index contributed by atoms with van der Waals surface area (Å²) in [6.07, 6.45) is 0. The highest BCUT2D eigenvalue weighted by molar-refractivity contribution is 7.92. The Labute approximate surface area is 177 Å². The van der Waals surface area contributed by atoms with E-state index < -0.39 is 15.9 Å². The number of nitrogens with one attached hydrogen (secondary N) is 1. The van der Waals surface area contributed by atoms with Crippen molar-refractivity contribution in [2.24, 2.45) is 0 Å². The molecule has 6 nitrogen and oxygen atoms in total. The summed E-state index contributed by atoms with van der Waals surface area (Å²) in [4.78, 5) is 12.9. The standard InChI is InChI=1S/C23H24N2O4S/c1-17-11-13-21(14-12-17)30(27,28)25(22-10-5-4-7-18(22)2)16-23(26)24-19-8-6-9-20(15-19)29-3/h4-15H,16H2,1-3H3,(H,24,26). The quantitative estimate of drug-likeness (QED) is 0.618. The van der Waals surface area contributed by atoms with Crippen LogP contribution in [0.15, 0.2) is 77.7 Å². The number of benzene rings is 3. The van der Waals surface area contributed by atoms with E-state index in [0.29, 0.717) is 17.1 Å². The maximum absolute atomic E-state index is 13.4. The molecule has 30 heavy (non-hydrogen) atoms. The molecule has 7 heteroatoms. The third-order valence-corrected chi connectivity index (χ3v) is 6.41. The van der Waals surface area contributed by atoms with E-state index in [1.165, 1.54) is 7.11 Å². The minimum atomic E-state index is -3.95. The molecule has 0 radical (unpaired) electrons. The number of amides is 1. The fourth-order valence-corrected chi connectivity index (χ4v) is 4.50. The average molecular weight is 425 g/mol. The molecular formula is C23H24N2O4S. The molecule has 3 aromatic rings. The SMILES string of the molecule is COc1cccc(NC(=O)CN(c2ccccc2C)S(=O)(=O)c2ccc(C)cc2)c1. The summed E-state index contributed by atoms with van der Waals surface area (Å²) in [7, 11) is -2.41. The Bertz CT molecular complexity index is 1140. The average Bonchev–Trinajstić information content (AvgIpc) is 2.73. The molecule has 1 N–H and O–H groups in total. The molecule has 0 aliphatic heterocycles. The third-order valence-electron chi connectivity index (χ3n) is 4.63. The minimum Gasteiger partial charge on any atom is -0.497 e. The van der Waals surface area contributed by atoms with Crippen molar-refractivity contribution in [3.8, 4) is 5.75 Å². The summed E-state index contributed by atoms with van der Waals surface area (Å²) in [5.74, 6) is 0.137. The summed E-state index contributed by atoms with van der Waals surface area (Å²) in [5, 5.41) is 2.74. The Morgan fingerprint density at radius 2 is 1.67 bits per heavy atom. The van der Waals surface area contributed by atoms with Crippen LogP contribution in [0.2, 0.25) is 0 Å². The van der Waals surface area contributed by atoms with Crippen LogP contribution in [0.1, 0.15) is 11.1 Å². The molecule has 0 unspecified atom stereocenters. The summed E-state index contributed by atoms with van der Waals surface area (Å²) in [6.45, 7) is 3.34. The predicted octanol–water partition coefficient (Wildman–Crippen LogP) is 4.15. The van der Waals surface area contributed by atoms with Gasteiger partial charge in [-0.3, -0.25) is 9.10 Å². The highest BCUT2D eigenvalue weighted by atomic mass is 32.2. The molecule has 0 aliphatic carbocycles. The second kappa shape index (κ2) is 9.00. The van der Waals surface area contributed by atoms with Crippen molar-refractivity contribution in [3.63, 3.8) is 0 Å². The number of para-hydroxylation sites is 1. The third kappa shape index (κ3) is 4.80. The van der Waals surface area contributed by atoms with Crippen molar-refractivity contribution in [2.45, 2.75) is 18.7 Å². The van der Waals surface area contributed by atoms with Crippen LogP contribution in [0.5, 0.6) is 5.75 Å². The lowest BCUT2D eigenvalue weighted by molar-refractivity contribution is -0.114. The summed E-state index contributed by atoms with van der Waals surface area (Å²) >= 11 is 0. The molecule has 0 atom stereocenters. The van der Waals surface area contributed by atoms with E-state index in [-0.39, 0.29) is 11.4 Å². The normalized spacial score (nSPS) is 11.0. The van der Waals surface area contributed by atoms with Gasteiger partial charge in [0.25, 0.3) is 10.0 Å². The van der Waals surface area contributed by atoms with Crippen molar-refractivity contribution in [1.82, 2.24) is 0 Å². The Morgan fingerprint density at radius 1 is 0.967 bits per heavy atom. The molecule has 1 amide bonds. The minimum absolute atomic E-state index is 0.130. The van der Waals surface area contributed by atoms with E-state index in [9.17, 15) is 13.2 Å². The number of carbonyl (C=O) groups excluding carboxylic acids is 1. The van der Waals surface area contributed by atoms with Crippen LogP contribution in [0, 0.1) is 13.8 Å². The van der Waals surface area contributed by atoms with Crippen LogP contribution in [-0.4, -0.2) is 28.0 Å².